The SMILES string of the molecule is CCN(OC)[C@@H](C)[C@@H](O)C(O)[C@@H](O)C(C)CO. The normalized spacial score (nSPS) is 21.0. The third-order valence-corrected chi connectivity index (χ3v) is 3.07. The molecule has 0 aliphatic heterocycles. The average molecular weight is 251 g/mol. The first-order chi connectivity index (χ1) is 7.90. The van der Waals surface area contributed by atoms with Gasteiger partial charge in [-0.1, -0.05) is 13.8 Å². The summed E-state index contributed by atoms with van der Waals surface area (Å²) in [4.78, 5) is 5.03. The van der Waals surface area contributed by atoms with Crippen molar-refractivity contribution in [3.63, 3.8) is 0 Å². The maximum absolute atomic E-state index is 9.92. The minimum absolute atomic E-state index is 0.249. The van der Waals surface area contributed by atoms with E-state index in [1.807, 2.05) is 6.92 Å². The van der Waals surface area contributed by atoms with Crippen LogP contribution in [0, 0.1) is 5.92 Å². The fourth-order valence-electron chi connectivity index (χ4n) is 1.69. The molecule has 0 aromatic rings. The molecular weight excluding hydrogens is 226 g/mol. The van der Waals surface area contributed by atoms with Gasteiger partial charge < -0.3 is 25.3 Å². The van der Waals surface area contributed by atoms with Crippen LogP contribution in [0.1, 0.15) is 20.8 Å². The minimum Gasteiger partial charge on any atom is -0.396 e. The molecule has 2 unspecified atom stereocenters. The molecule has 0 aliphatic rings. The summed E-state index contributed by atoms with van der Waals surface area (Å²) in [5.74, 6) is -0.496. The molecule has 17 heavy (non-hydrogen) atoms. The first kappa shape index (κ1) is 16.8. The zero-order chi connectivity index (χ0) is 13.6. The predicted molar refractivity (Wildman–Crippen MR) is 63.1 cm³/mol. The Hall–Kier alpha value is -0.240. The van der Waals surface area contributed by atoms with E-state index in [0.29, 0.717) is 6.54 Å². The lowest BCUT2D eigenvalue weighted by atomic mass is 9.94. The van der Waals surface area contributed by atoms with Gasteiger partial charge in [-0.15, -0.1) is 0 Å². The average Bonchev–Trinajstić information content (AvgIpc) is 2.36. The van der Waals surface area contributed by atoms with Gasteiger partial charge in [-0.05, 0) is 6.92 Å². The molecule has 4 N–H and O–H groups in total. The van der Waals surface area contributed by atoms with Gasteiger partial charge in [-0.2, -0.15) is 5.06 Å². The van der Waals surface area contributed by atoms with Crippen molar-refractivity contribution in [1.82, 2.24) is 5.06 Å². The molecule has 0 spiro atoms. The van der Waals surface area contributed by atoms with Crippen LogP contribution in [-0.4, -0.2) is 70.1 Å². The fraction of sp³-hybridized carbons (Fsp3) is 1.00. The molecule has 0 rings (SSSR count). The van der Waals surface area contributed by atoms with E-state index in [9.17, 15) is 15.3 Å². The standard InChI is InChI=1S/C11H25NO5/c1-5-12(17-4)8(3)10(15)11(16)9(14)7(2)6-13/h7-11,13-16H,5-6H2,1-4H3/t7?,8-,9-,10+,11?/m0/s1. The van der Waals surface area contributed by atoms with Crippen molar-refractivity contribution in [3.8, 4) is 0 Å². The van der Waals surface area contributed by atoms with Crippen LogP contribution in [0.25, 0.3) is 0 Å². The number of nitrogens with zero attached hydrogens (tertiary/aromatic N) is 1. The first-order valence-electron chi connectivity index (χ1n) is 5.86. The molecule has 0 fully saturated rings. The Kier molecular flexibility index (Phi) is 7.85. The zero-order valence-corrected chi connectivity index (χ0v) is 10.9. The number of rotatable bonds is 8. The van der Waals surface area contributed by atoms with Crippen molar-refractivity contribution >= 4 is 0 Å². The summed E-state index contributed by atoms with van der Waals surface area (Å²) < 4.78 is 0. The van der Waals surface area contributed by atoms with Crippen molar-refractivity contribution in [2.75, 3.05) is 20.3 Å². The zero-order valence-electron chi connectivity index (χ0n) is 10.9. The number of hydrogen-bond donors (Lipinski definition) is 4. The summed E-state index contributed by atoms with van der Waals surface area (Å²) >= 11 is 0. The molecule has 104 valence electrons. The Morgan fingerprint density at radius 2 is 1.59 bits per heavy atom. The molecule has 5 atom stereocenters. The van der Waals surface area contributed by atoms with Crippen LogP contribution in [0.3, 0.4) is 0 Å². The Bertz CT molecular complexity index is 200. The van der Waals surface area contributed by atoms with Gasteiger partial charge in [0.1, 0.15) is 6.10 Å². The predicted octanol–water partition coefficient (Wildman–Crippen LogP) is -1.03. The molecule has 0 aromatic carbocycles. The molecule has 0 saturated heterocycles. The molecule has 0 saturated carbocycles. The molecule has 0 aliphatic carbocycles. The largest absolute Gasteiger partial charge is 0.396 e. The fourth-order valence-corrected chi connectivity index (χ4v) is 1.69. The van der Waals surface area contributed by atoms with Gasteiger partial charge in [0.15, 0.2) is 0 Å². The molecule has 6 heteroatoms. The second kappa shape index (κ2) is 7.97. The molecule has 0 bridgehead atoms. The van der Waals surface area contributed by atoms with Crippen molar-refractivity contribution in [1.29, 1.82) is 0 Å². The van der Waals surface area contributed by atoms with Crippen LogP contribution in [0.15, 0.2) is 0 Å². The minimum atomic E-state index is -1.32. The lowest BCUT2D eigenvalue weighted by Gasteiger charge is -2.34. The highest BCUT2D eigenvalue weighted by Gasteiger charge is 2.34. The summed E-state index contributed by atoms with van der Waals surface area (Å²) in [6.07, 6.45) is -3.65. The molecule has 0 radical (unpaired) electrons. The van der Waals surface area contributed by atoms with E-state index in [1.54, 1.807) is 13.8 Å². The smallest absolute Gasteiger partial charge is 0.108 e. The molecular formula is C11H25NO5. The second-order valence-corrected chi connectivity index (χ2v) is 4.29. The monoisotopic (exact) mass is 251 g/mol. The van der Waals surface area contributed by atoms with E-state index in [0.717, 1.165) is 0 Å². The van der Waals surface area contributed by atoms with Crippen molar-refractivity contribution in [2.24, 2.45) is 5.92 Å². The van der Waals surface area contributed by atoms with Gasteiger partial charge in [-0.3, -0.25) is 0 Å². The Labute approximate surface area is 102 Å². The van der Waals surface area contributed by atoms with Crippen LogP contribution >= 0.6 is 0 Å². The quantitative estimate of drug-likeness (QED) is 0.412. The van der Waals surface area contributed by atoms with E-state index in [4.69, 9.17) is 9.94 Å². The summed E-state index contributed by atoms with van der Waals surface area (Å²) in [5, 5.41) is 39.8. The van der Waals surface area contributed by atoms with Crippen LogP contribution in [0.2, 0.25) is 0 Å². The number of aliphatic hydroxyl groups excluding tert-OH is 4. The van der Waals surface area contributed by atoms with Crippen LogP contribution in [0.5, 0.6) is 0 Å². The highest BCUT2D eigenvalue weighted by Crippen LogP contribution is 2.15. The third-order valence-electron chi connectivity index (χ3n) is 3.07. The second-order valence-electron chi connectivity index (χ2n) is 4.29. The molecule has 0 aromatic heterocycles. The van der Waals surface area contributed by atoms with E-state index in [-0.39, 0.29) is 6.61 Å². The van der Waals surface area contributed by atoms with Crippen molar-refractivity contribution in [3.05, 3.63) is 0 Å². The Morgan fingerprint density at radius 3 is 1.94 bits per heavy atom. The van der Waals surface area contributed by atoms with Gasteiger partial charge in [0.25, 0.3) is 0 Å². The lowest BCUT2D eigenvalue weighted by molar-refractivity contribution is -0.198. The summed E-state index contributed by atoms with van der Waals surface area (Å²) in [7, 11) is 1.48. The summed E-state index contributed by atoms with van der Waals surface area (Å²) in [6.45, 7) is 5.44. The van der Waals surface area contributed by atoms with E-state index >= 15 is 0 Å². The molecule has 6 nitrogen and oxygen atoms in total. The summed E-state index contributed by atoms with van der Waals surface area (Å²) in [5.41, 5.74) is 0. The lowest BCUT2D eigenvalue weighted by Crippen LogP contribution is -2.52. The van der Waals surface area contributed by atoms with Gasteiger partial charge in [0.05, 0.1) is 25.4 Å². The number of likely N-dealkylation sites (N-methyl/N-ethyl adjacent to an activating group) is 1. The highest BCUT2D eigenvalue weighted by atomic mass is 16.7. The van der Waals surface area contributed by atoms with Gasteiger partial charge in [-0.25, -0.2) is 0 Å². The number of aliphatic hydroxyl groups is 4. The third kappa shape index (κ3) is 4.50. The van der Waals surface area contributed by atoms with E-state index in [2.05, 4.69) is 0 Å². The molecule has 0 heterocycles. The Balaban J connectivity index is 4.51. The summed E-state index contributed by atoms with van der Waals surface area (Å²) in [6, 6.07) is -0.458. The van der Waals surface area contributed by atoms with Crippen LogP contribution in [0.4, 0.5) is 0 Å². The Morgan fingerprint density at radius 1 is 1.06 bits per heavy atom. The van der Waals surface area contributed by atoms with E-state index in [1.165, 1.54) is 12.2 Å². The number of hydrogen-bond acceptors (Lipinski definition) is 6. The first-order valence-corrected chi connectivity index (χ1v) is 5.86. The highest BCUT2D eigenvalue weighted by molar-refractivity contribution is 4.84. The number of hydroxylamine groups is 2. The van der Waals surface area contributed by atoms with Crippen LogP contribution in [-0.2, 0) is 4.84 Å². The van der Waals surface area contributed by atoms with Gasteiger partial charge in [0.2, 0.25) is 0 Å². The van der Waals surface area contributed by atoms with Crippen LogP contribution < -0.4 is 0 Å². The van der Waals surface area contributed by atoms with Crippen molar-refractivity contribution < 1.29 is 25.3 Å². The maximum Gasteiger partial charge on any atom is 0.108 e. The van der Waals surface area contributed by atoms with Gasteiger partial charge in [0, 0.05) is 19.1 Å². The topological polar surface area (TPSA) is 93.4 Å². The van der Waals surface area contributed by atoms with Gasteiger partial charge >= 0.3 is 0 Å². The molecule has 0 amide bonds. The maximum atomic E-state index is 9.92. The van der Waals surface area contributed by atoms with Crippen molar-refractivity contribution in [2.45, 2.75) is 45.1 Å². The van der Waals surface area contributed by atoms with E-state index < -0.39 is 30.3 Å².